The van der Waals surface area contributed by atoms with Crippen LogP contribution in [0.15, 0.2) is 21.5 Å². The van der Waals surface area contributed by atoms with Crippen LogP contribution < -0.4 is 5.32 Å². The van der Waals surface area contributed by atoms with Crippen molar-refractivity contribution in [3.63, 3.8) is 0 Å². The van der Waals surface area contributed by atoms with Crippen molar-refractivity contribution in [1.82, 2.24) is 5.32 Å². The Labute approximate surface area is 138 Å². The first kappa shape index (κ1) is 18.5. The third-order valence-electron chi connectivity index (χ3n) is 3.21. The summed E-state index contributed by atoms with van der Waals surface area (Å²) >= 11 is 3.19. The van der Waals surface area contributed by atoms with Gasteiger partial charge >= 0.3 is 0 Å². The third-order valence-corrected chi connectivity index (χ3v) is 5.87. The molecular weight excluding hydrogens is 378 g/mol. The van der Waals surface area contributed by atoms with Crippen molar-refractivity contribution in [2.24, 2.45) is 0 Å². The Kier molecular flexibility index (Phi) is 6.69. The zero-order valence-electron chi connectivity index (χ0n) is 12.2. The second-order valence-electron chi connectivity index (χ2n) is 4.91. The zero-order chi connectivity index (χ0) is 16.2. The average molecular weight is 397 g/mol. The minimum Gasteiger partial charge on any atom is -0.349 e. The number of halogens is 2. The fourth-order valence-electron chi connectivity index (χ4n) is 2.04. The number of benzene rings is 1. The maximum absolute atomic E-state index is 12.3. The van der Waals surface area contributed by atoms with Crippen LogP contribution in [0.4, 0.5) is 0 Å². The van der Waals surface area contributed by atoms with E-state index in [0.29, 0.717) is 15.6 Å². The molecule has 1 aromatic carbocycles. The maximum Gasteiger partial charge on any atom is 0.262 e. The van der Waals surface area contributed by atoms with Gasteiger partial charge in [0.15, 0.2) is 0 Å². The van der Waals surface area contributed by atoms with Crippen LogP contribution in [0.2, 0.25) is 0 Å². The summed E-state index contributed by atoms with van der Waals surface area (Å²) in [7, 11) is 1.49. The first-order valence-electron chi connectivity index (χ1n) is 6.76. The Morgan fingerprint density at radius 2 is 2.00 bits per heavy atom. The summed E-state index contributed by atoms with van der Waals surface area (Å²) < 4.78 is 23.5. The average Bonchev–Trinajstić information content (AvgIpc) is 2.39. The predicted molar refractivity (Wildman–Crippen MR) is 88.4 cm³/mol. The highest BCUT2D eigenvalue weighted by Gasteiger charge is 2.20. The van der Waals surface area contributed by atoms with E-state index in [4.69, 9.17) is 10.7 Å². The molecule has 0 aliphatic heterocycles. The van der Waals surface area contributed by atoms with E-state index in [2.05, 4.69) is 28.2 Å². The minimum absolute atomic E-state index is 0.0853. The van der Waals surface area contributed by atoms with Gasteiger partial charge in [0.25, 0.3) is 15.0 Å². The lowest BCUT2D eigenvalue weighted by molar-refractivity contribution is 0.0933. The quantitative estimate of drug-likeness (QED) is 0.739. The van der Waals surface area contributed by atoms with Gasteiger partial charge in [0.05, 0.1) is 4.90 Å². The first-order chi connectivity index (χ1) is 9.70. The summed E-state index contributed by atoms with van der Waals surface area (Å²) in [5, 5.41) is 2.92. The van der Waals surface area contributed by atoms with Gasteiger partial charge in [-0.15, -0.1) is 0 Å². The van der Waals surface area contributed by atoms with Crippen LogP contribution in [0.5, 0.6) is 0 Å². The van der Waals surface area contributed by atoms with Crippen LogP contribution in [0.1, 0.15) is 49.0 Å². The van der Waals surface area contributed by atoms with Gasteiger partial charge in [-0.2, -0.15) is 0 Å². The summed E-state index contributed by atoms with van der Waals surface area (Å²) in [4.78, 5) is 12.2. The second kappa shape index (κ2) is 7.61. The largest absolute Gasteiger partial charge is 0.349 e. The molecule has 1 atom stereocenters. The van der Waals surface area contributed by atoms with Gasteiger partial charge in [-0.1, -0.05) is 20.3 Å². The van der Waals surface area contributed by atoms with E-state index < -0.39 is 9.05 Å². The summed E-state index contributed by atoms with van der Waals surface area (Å²) in [5.74, 6) is -0.285. The summed E-state index contributed by atoms with van der Waals surface area (Å²) in [6, 6.07) is 3.03. The molecule has 0 spiro atoms. The van der Waals surface area contributed by atoms with Crippen molar-refractivity contribution < 1.29 is 13.2 Å². The van der Waals surface area contributed by atoms with Crippen molar-refractivity contribution in [2.75, 3.05) is 0 Å². The standard InChI is InChI=1S/C14H19BrClNO3S/c1-4-6-11(5-2)17-14(18)10-7-9(3)13(15)12(8-10)21(16,19)20/h7-8,11H,4-6H2,1-3H3,(H,17,18). The van der Waals surface area contributed by atoms with Crippen LogP contribution >= 0.6 is 26.6 Å². The molecule has 7 heteroatoms. The number of carbonyl (C=O) groups is 1. The van der Waals surface area contributed by atoms with E-state index >= 15 is 0 Å². The smallest absolute Gasteiger partial charge is 0.262 e. The number of carbonyl (C=O) groups excluding carboxylic acids is 1. The Hall–Kier alpha value is -0.590. The van der Waals surface area contributed by atoms with Crippen molar-refractivity contribution in [2.45, 2.75) is 51.0 Å². The van der Waals surface area contributed by atoms with Crippen molar-refractivity contribution in [3.8, 4) is 0 Å². The van der Waals surface area contributed by atoms with Crippen molar-refractivity contribution >= 4 is 41.6 Å². The third kappa shape index (κ3) is 4.97. The number of hydrogen-bond donors (Lipinski definition) is 1. The van der Waals surface area contributed by atoms with Gasteiger partial charge < -0.3 is 5.32 Å². The van der Waals surface area contributed by atoms with Gasteiger partial charge in [-0.3, -0.25) is 4.79 Å². The number of hydrogen-bond acceptors (Lipinski definition) is 3. The molecule has 1 aromatic rings. The van der Waals surface area contributed by atoms with E-state index in [1.54, 1.807) is 13.0 Å². The molecule has 0 aliphatic carbocycles. The Morgan fingerprint density at radius 1 is 1.38 bits per heavy atom. The molecule has 0 aromatic heterocycles. The van der Waals surface area contributed by atoms with E-state index in [-0.39, 0.29) is 16.8 Å². The Morgan fingerprint density at radius 3 is 2.48 bits per heavy atom. The molecule has 0 fully saturated rings. The lowest BCUT2D eigenvalue weighted by Crippen LogP contribution is -2.34. The lowest BCUT2D eigenvalue weighted by atomic mass is 10.1. The summed E-state index contributed by atoms with van der Waals surface area (Å²) in [6.45, 7) is 5.77. The van der Waals surface area contributed by atoms with Crippen LogP contribution in [-0.4, -0.2) is 20.4 Å². The number of aryl methyl sites for hydroxylation is 1. The van der Waals surface area contributed by atoms with E-state index in [1.807, 2.05) is 6.92 Å². The molecule has 118 valence electrons. The Bertz CT molecular complexity index is 631. The van der Waals surface area contributed by atoms with Gasteiger partial charge in [-0.05, 0) is 53.4 Å². The molecule has 0 aliphatic rings. The highest BCUT2D eigenvalue weighted by atomic mass is 79.9. The number of amides is 1. The highest BCUT2D eigenvalue weighted by molar-refractivity contribution is 9.10. The zero-order valence-corrected chi connectivity index (χ0v) is 15.4. The van der Waals surface area contributed by atoms with Gasteiger partial charge in [0.2, 0.25) is 0 Å². The molecular formula is C14H19BrClNO3S. The molecule has 0 saturated heterocycles. The van der Waals surface area contributed by atoms with Gasteiger partial charge in [0.1, 0.15) is 0 Å². The summed E-state index contributed by atoms with van der Waals surface area (Å²) in [5.41, 5.74) is 0.940. The first-order valence-corrected chi connectivity index (χ1v) is 9.86. The maximum atomic E-state index is 12.3. The molecule has 0 radical (unpaired) electrons. The van der Waals surface area contributed by atoms with E-state index in [9.17, 15) is 13.2 Å². The molecule has 4 nitrogen and oxygen atoms in total. The highest BCUT2D eigenvalue weighted by Crippen LogP contribution is 2.29. The van der Waals surface area contributed by atoms with Crippen molar-refractivity contribution in [3.05, 3.63) is 27.7 Å². The number of rotatable bonds is 6. The SMILES string of the molecule is CCCC(CC)NC(=O)c1cc(C)c(Br)c(S(=O)(=O)Cl)c1. The van der Waals surface area contributed by atoms with E-state index in [0.717, 1.165) is 19.3 Å². The predicted octanol–water partition coefficient (Wildman–Crippen LogP) is 3.99. The van der Waals surface area contributed by atoms with Crippen LogP contribution in [-0.2, 0) is 9.05 Å². The Balaban J connectivity index is 3.14. The fraction of sp³-hybridized carbons (Fsp3) is 0.500. The molecule has 1 unspecified atom stereocenters. The molecule has 1 N–H and O–H groups in total. The number of nitrogens with one attached hydrogen (secondary N) is 1. The topological polar surface area (TPSA) is 63.2 Å². The normalized spacial score (nSPS) is 13.0. The van der Waals surface area contributed by atoms with Crippen molar-refractivity contribution in [1.29, 1.82) is 0 Å². The van der Waals surface area contributed by atoms with Crippen LogP contribution in [0.25, 0.3) is 0 Å². The molecule has 1 amide bonds. The fourth-order valence-corrected chi connectivity index (χ4v) is 4.20. The van der Waals surface area contributed by atoms with E-state index in [1.165, 1.54) is 6.07 Å². The van der Waals surface area contributed by atoms with Crippen LogP contribution in [0, 0.1) is 6.92 Å². The monoisotopic (exact) mass is 395 g/mol. The summed E-state index contributed by atoms with van der Waals surface area (Å²) in [6.07, 6.45) is 2.69. The lowest BCUT2D eigenvalue weighted by Gasteiger charge is -2.17. The molecule has 21 heavy (non-hydrogen) atoms. The second-order valence-corrected chi connectivity index (χ2v) is 8.24. The minimum atomic E-state index is -3.91. The van der Waals surface area contributed by atoms with Crippen LogP contribution in [0.3, 0.4) is 0 Å². The molecule has 0 heterocycles. The molecule has 0 bridgehead atoms. The molecule has 1 rings (SSSR count). The van der Waals surface area contributed by atoms with Gasteiger partial charge in [-0.25, -0.2) is 8.42 Å². The molecule has 0 saturated carbocycles. The van der Waals surface area contributed by atoms with Gasteiger partial charge in [0, 0.05) is 26.8 Å².